The molecule has 0 heterocycles. The lowest BCUT2D eigenvalue weighted by atomic mass is 10.1. The van der Waals surface area contributed by atoms with Crippen LogP contribution < -0.4 is 0 Å². The fourth-order valence-corrected chi connectivity index (χ4v) is 1.34. The minimum absolute atomic E-state index is 0.784. The first-order chi connectivity index (χ1) is 5.07. The number of rotatable bonds is 5. The topological polar surface area (TPSA) is 3.24 Å². The van der Waals surface area contributed by atoms with Gasteiger partial charge in [-0.15, -0.1) is 0 Å². The maximum absolute atomic E-state index is 2.50. The minimum atomic E-state index is 0.784. The van der Waals surface area contributed by atoms with Gasteiger partial charge in [-0.05, 0) is 25.9 Å². The highest BCUT2D eigenvalue weighted by Gasteiger charge is 2.10. The van der Waals surface area contributed by atoms with Crippen molar-refractivity contribution in [3.8, 4) is 0 Å². The molecule has 0 N–H and O–H groups in total. The molecule has 0 aliphatic heterocycles. The van der Waals surface area contributed by atoms with E-state index >= 15 is 0 Å². The summed E-state index contributed by atoms with van der Waals surface area (Å²) in [6.07, 6.45) is 1.26. The third kappa shape index (κ3) is 5.91. The SMILES string of the molecule is CCCN(C)CC(C)C(C)I. The van der Waals surface area contributed by atoms with E-state index in [2.05, 4.69) is 55.3 Å². The van der Waals surface area contributed by atoms with Crippen molar-refractivity contribution in [1.29, 1.82) is 0 Å². The van der Waals surface area contributed by atoms with Gasteiger partial charge < -0.3 is 4.90 Å². The lowest BCUT2D eigenvalue weighted by Crippen LogP contribution is -2.28. The standard InChI is InChI=1S/C9H20IN/c1-5-6-11(4)7-8(2)9(3)10/h8-9H,5-7H2,1-4H3. The Labute approximate surface area is 84.7 Å². The second kappa shape index (κ2) is 6.23. The summed E-state index contributed by atoms with van der Waals surface area (Å²) in [5, 5.41) is 0. The molecule has 2 atom stereocenters. The van der Waals surface area contributed by atoms with Gasteiger partial charge in [-0.1, -0.05) is 43.4 Å². The van der Waals surface area contributed by atoms with Crippen LogP contribution in [0.5, 0.6) is 0 Å². The van der Waals surface area contributed by atoms with E-state index in [-0.39, 0.29) is 0 Å². The van der Waals surface area contributed by atoms with Crippen molar-refractivity contribution in [2.24, 2.45) is 5.92 Å². The number of alkyl halides is 1. The molecule has 0 bridgehead atoms. The van der Waals surface area contributed by atoms with Crippen molar-refractivity contribution in [3.05, 3.63) is 0 Å². The zero-order valence-corrected chi connectivity index (χ0v) is 10.3. The van der Waals surface area contributed by atoms with Crippen LogP contribution in [-0.2, 0) is 0 Å². The molecule has 0 fully saturated rings. The molecule has 2 unspecified atom stereocenters. The van der Waals surface area contributed by atoms with Gasteiger partial charge in [0, 0.05) is 10.5 Å². The van der Waals surface area contributed by atoms with Crippen LogP contribution in [0.4, 0.5) is 0 Å². The lowest BCUT2D eigenvalue weighted by Gasteiger charge is -2.22. The fraction of sp³-hybridized carbons (Fsp3) is 1.00. The summed E-state index contributed by atoms with van der Waals surface area (Å²) in [5.41, 5.74) is 0. The highest BCUT2D eigenvalue weighted by Crippen LogP contribution is 2.12. The highest BCUT2D eigenvalue weighted by molar-refractivity contribution is 14.1. The number of nitrogens with zero attached hydrogens (tertiary/aromatic N) is 1. The Morgan fingerprint density at radius 3 is 2.27 bits per heavy atom. The van der Waals surface area contributed by atoms with Crippen LogP contribution in [-0.4, -0.2) is 29.0 Å². The highest BCUT2D eigenvalue weighted by atomic mass is 127. The molecule has 0 spiro atoms. The van der Waals surface area contributed by atoms with Gasteiger partial charge in [-0.25, -0.2) is 0 Å². The summed E-state index contributed by atoms with van der Waals surface area (Å²) in [5.74, 6) is 0.812. The van der Waals surface area contributed by atoms with Crippen molar-refractivity contribution in [2.45, 2.75) is 31.1 Å². The molecule has 0 rings (SSSR count). The molecule has 0 aromatic heterocycles. The zero-order chi connectivity index (χ0) is 8.85. The molecule has 68 valence electrons. The third-order valence-electron chi connectivity index (χ3n) is 1.99. The van der Waals surface area contributed by atoms with Gasteiger partial charge in [0.05, 0.1) is 0 Å². The van der Waals surface area contributed by atoms with Crippen LogP contribution in [0, 0.1) is 5.92 Å². The molecule has 0 radical (unpaired) electrons. The average Bonchev–Trinajstić information content (AvgIpc) is 1.87. The van der Waals surface area contributed by atoms with Gasteiger partial charge in [-0.2, -0.15) is 0 Å². The average molecular weight is 269 g/mol. The molecule has 0 aromatic rings. The predicted octanol–water partition coefficient (Wildman–Crippen LogP) is 2.79. The molecule has 0 aromatic carbocycles. The first-order valence-electron chi connectivity index (χ1n) is 4.40. The van der Waals surface area contributed by atoms with Crippen LogP contribution in [0.25, 0.3) is 0 Å². The molecule has 0 aliphatic rings. The Kier molecular flexibility index (Phi) is 6.62. The van der Waals surface area contributed by atoms with Crippen LogP contribution >= 0.6 is 22.6 Å². The van der Waals surface area contributed by atoms with Crippen molar-refractivity contribution >= 4 is 22.6 Å². The normalized spacial score (nSPS) is 16.9. The summed E-state index contributed by atoms with van der Waals surface area (Å²) in [4.78, 5) is 2.42. The van der Waals surface area contributed by atoms with E-state index in [1.54, 1.807) is 0 Å². The minimum Gasteiger partial charge on any atom is -0.306 e. The van der Waals surface area contributed by atoms with E-state index in [9.17, 15) is 0 Å². The van der Waals surface area contributed by atoms with Crippen molar-refractivity contribution < 1.29 is 0 Å². The second-order valence-corrected chi connectivity index (χ2v) is 5.38. The van der Waals surface area contributed by atoms with Gasteiger partial charge in [0.15, 0.2) is 0 Å². The molecule has 11 heavy (non-hydrogen) atoms. The van der Waals surface area contributed by atoms with Crippen LogP contribution in [0.15, 0.2) is 0 Å². The summed E-state index contributed by atoms with van der Waals surface area (Å²) in [6, 6.07) is 0. The van der Waals surface area contributed by atoms with Crippen molar-refractivity contribution in [3.63, 3.8) is 0 Å². The van der Waals surface area contributed by atoms with Gasteiger partial charge >= 0.3 is 0 Å². The zero-order valence-electron chi connectivity index (χ0n) is 8.10. The Balaban J connectivity index is 3.48. The van der Waals surface area contributed by atoms with Crippen molar-refractivity contribution in [1.82, 2.24) is 4.90 Å². The summed E-state index contributed by atoms with van der Waals surface area (Å²) in [6.45, 7) is 9.30. The van der Waals surface area contributed by atoms with Gasteiger partial charge in [-0.3, -0.25) is 0 Å². The quantitative estimate of drug-likeness (QED) is 0.548. The van der Waals surface area contributed by atoms with E-state index in [4.69, 9.17) is 0 Å². The Bertz CT molecular complexity index is 93.6. The van der Waals surface area contributed by atoms with E-state index < -0.39 is 0 Å². The van der Waals surface area contributed by atoms with Crippen molar-refractivity contribution in [2.75, 3.05) is 20.1 Å². The molecule has 0 saturated heterocycles. The van der Waals surface area contributed by atoms with Crippen LogP contribution in [0.1, 0.15) is 27.2 Å². The monoisotopic (exact) mass is 269 g/mol. The molecular weight excluding hydrogens is 249 g/mol. The second-order valence-electron chi connectivity index (χ2n) is 3.42. The molecule has 0 saturated carbocycles. The van der Waals surface area contributed by atoms with Gasteiger partial charge in [0.1, 0.15) is 0 Å². The predicted molar refractivity (Wildman–Crippen MR) is 60.4 cm³/mol. The first-order valence-corrected chi connectivity index (χ1v) is 5.65. The van der Waals surface area contributed by atoms with E-state index in [0.29, 0.717) is 0 Å². The maximum Gasteiger partial charge on any atom is 0.0119 e. The number of hydrogen-bond donors (Lipinski definition) is 0. The number of halogens is 1. The molecule has 1 nitrogen and oxygen atoms in total. The van der Waals surface area contributed by atoms with Gasteiger partial charge in [0.25, 0.3) is 0 Å². The van der Waals surface area contributed by atoms with E-state index in [1.165, 1.54) is 19.5 Å². The lowest BCUT2D eigenvalue weighted by molar-refractivity contribution is 0.288. The Morgan fingerprint density at radius 1 is 1.36 bits per heavy atom. The smallest absolute Gasteiger partial charge is 0.0119 e. The Morgan fingerprint density at radius 2 is 1.91 bits per heavy atom. The molecule has 0 amide bonds. The Hall–Kier alpha value is 0.690. The fourth-order valence-electron chi connectivity index (χ4n) is 1.11. The molecular formula is C9H20IN. The van der Waals surface area contributed by atoms with Gasteiger partial charge in [0.2, 0.25) is 0 Å². The maximum atomic E-state index is 2.50. The first kappa shape index (κ1) is 11.7. The van der Waals surface area contributed by atoms with E-state index in [0.717, 1.165) is 9.84 Å². The molecule has 2 heteroatoms. The van der Waals surface area contributed by atoms with E-state index in [1.807, 2.05) is 0 Å². The summed E-state index contributed by atoms with van der Waals surface area (Å²) < 4.78 is 0.784. The summed E-state index contributed by atoms with van der Waals surface area (Å²) >= 11 is 2.50. The third-order valence-corrected chi connectivity index (χ3v) is 3.22. The summed E-state index contributed by atoms with van der Waals surface area (Å²) in [7, 11) is 2.21. The largest absolute Gasteiger partial charge is 0.306 e. The molecule has 0 aliphatic carbocycles. The number of hydrogen-bond acceptors (Lipinski definition) is 1. The van der Waals surface area contributed by atoms with Crippen LogP contribution in [0.2, 0.25) is 0 Å². The van der Waals surface area contributed by atoms with Crippen LogP contribution in [0.3, 0.4) is 0 Å².